The van der Waals surface area contributed by atoms with E-state index in [0.717, 1.165) is 31.4 Å². The topological polar surface area (TPSA) is 84.0 Å². The van der Waals surface area contributed by atoms with Crippen molar-refractivity contribution in [1.29, 1.82) is 0 Å². The highest BCUT2D eigenvalue weighted by atomic mass is 16.5. The summed E-state index contributed by atoms with van der Waals surface area (Å²) in [4.78, 5) is 53.9. The van der Waals surface area contributed by atoms with Crippen LogP contribution in [0.5, 0.6) is 5.75 Å². The molecule has 0 aromatic heterocycles. The normalized spacial score (nSPS) is 24.9. The van der Waals surface area contributed by atoms with Crippen molar-refractivity contribution < 1.29 is 23.9 Å². The Morgan fingerprint density at radius 1 is 0.939 bits per heavy atom. The van der Waals surface area contributed by atoms with Gasteiger partial charge in [0.15, 0.2) is 0 Å². The summed E-state index contributed by atoms with van der Waals surface area (Å²) in [5.74, 6) is -1.46. The van der Waals surface area contributed by atoms with E-state index in [1.165, 1.54) is 4.90 Å². The van der Waals surface area contributed by atoms with Gasteiger partial charge in [-0.3, -0.25) is 19.2 Å². The van der Waals surface area contributed by atoms with Gasteiger partial charge < -0.3 is 9.64 Å². The average Bonchev–Trinajstić information content (AvgIpc) is 3.33. The Labute approximate surface area is 192 Å². The van der Waals surface area contributed by atoms with Gasteiger partial charge in [-0.05, 0) is 55.7 Å². The number of rotatable bonds is 4. The first-order valence-electron chi connectivity index (χ1n) is 11.5. The van der Waals surface area contributed by atoms with Gasteiger partial charge in [0.25, 0.3) is 0 Å². The summed E-state index contributed by atoms with van der Waals surface area (Å²) in [6.45, 7) is 2.07. The fourth-order valence-electron chi connectivity index (χ4n) is 5.26. The molecule has 0 bridgehead atoms. The first kappa shape index (κ1) is 21.4. The number of ether oxygens (including phenoxy) is 1. The largest absolute Gasteiger partial charge is 0.426 e. The Hall–Kier alpha value is -3.48. The lowest BCUT2D eigenvalue weighted by Crippen LogP contribution is -2.31. The van der Waals surface area contributed by atoms with Crippen molar-refractivity contribution in [2.24, 2.45) is 17.8 Å². The molecule has 33 heavy (non-hydrogen) atoms. The van der Waals surface area contributed by atoms with Crippen LogP contribution in [-0.4, -0.2) is 30.2 Å². The molecular formula is C26H26N2O5. The van der Waals surface area contributed by atoms with Crippen LogP contribution in [0.15, 0.2) is 48.5 Å². The van der Waals surface area contributed by atoms with E-state index in [2.05, 4.69) is 0 Å². The van der Waals surface area contributed by atoms with Crippen LogP contribution in [0.3, 0.4) is 0 Å². The van der Waals surface area contributed by atoms with Gasteiger partial charge in [0.05, 0.1) is 23.4 Å². The molecule has 0 radical (unpaired) electrons. The third kappa shape index (κ3) is 3.81. The number of hydrogen-bond donors (Lipinski definition) is 0. The summed E-state index contributed by atoms with van der Waals surface area (Å²) in [5.41, 5.74) is 2.00. The van der Waals surface area contributed by atoms with Crippen molar-refractivity contribution in [2.75, 3.05) is 16.3 Å². The van der Waals surface area contributed by atoms with Crippen molar-refractivity contribution in [3.05, 3.63) is 54.1 Å². The molecule has 1 saturated carbocycles. The van der Waals surface area contributed by atoms with Crippen LogP contribution >= 0.6 is 0 Å². The van der Waals surface area contributed by atoms with E-state index in [-0.39, 0.29) is 42.5 Å². The Kier molecular flexibility index (Phi) is 5.48. The second-order valence-corrected chi connectivity index (χ2v) is 9.12. The lowest BCUT2D eigenvalue weighted by Gasteiger charge is -2.19. The van der Waals surface area contributed by atoms with Crippen LogP contribution in [0, 0.1) is 24.7 Å². The maximum atomic E-state index is 12.9. The number of fused-ring (bicyclic) bond motifs is 1. The van der Waals surface area contributed by atoms with Gasteiger partial charge in [-0.2, -0.15) is 0 Å². The number of aryl methyl sites for hydroxylation is 1. The minimum atomic E-state index is -0.553. The van der Waals surface area contributed by atoms with Gasteiger partial charge >= 0.3 is 5.97 Å². The molecule has 3 aliphatic rings. The molecule has 3 fully saturated rings. The second-order valence-electron chi connectivity index (χ2n) is 9.12. The number of hydrogen-bond acceptors (Lipinski definition) is 5. The zero-order valence-electron chi connectivity index (χ0n) is 18.5. The molecule has 0 N–H and O–H groups in total. The fraction of sp³-hybridized carbons (Fsp3) is 0.385. The van der Waals surface area contributed by atoms with Crippen molar-refractivity contribution in [3.63, 3.8) is 0 Å². The Balaban J connectivity index is 1.28. The number of carbonyl (C=O) groups is 4. The van der Waals surface area contributed by atoms with Gasteiger partial charge in [-0.15, -0.1) is 0 Å². The average molecular weight is 447 g/mol. The van der Waals surface area contributed by atoms with E-state index in [1.807, 2.05) is 30.3 Å². The summed E-state index contributed by atoms with van der Waals surface area (Å²) in [5, 5.41) is 0. The van der Waals surface area contributed by atoms with Crippen LogP contribution in [0.2, 0.25) is 0 Å². The van der Waals surface area contributed by atoms with Crippen LogP contribution in [-0.2, 0) is 19.2 Å². The van der Waals surface area contributed by atoms with Gasteiger partial charge in [0.2, 0.25) is 17.7 Å². The molecule has 0 unspecified atom stereocenters. The quantitative estimate of drug-likeness (QED) is 0.407. The van der Waals surface area contributed by atoms with Gasteiger partial charge in [0, 0.05) is 18.7 Å². The summed E-state index contributed by atoms with van der Waals surface area (Å²) in [6.07, 6.45) is 3.59. The molecule has 7 heteroatoms. The molecule has 7 nitrogen and oxygen atoms in total. The Morgan fingerprint density at radius 2 is 1.61 bits per heavy atom. The van der Waals surface area contributed by atoms with E-state index in [4.69, 9.17) is 4.74 Å². The van der Waals surface area contributed by atoms with Crippen molar-refractivity contribution >= 4 is 35.1 Å². The number of para-hydroxylation sites is 1. The molecule has 2 heterocycles. The number of nitrogens with zero attached hydrogens (tertiary/aromatic N) is 2. The number of imide groups is 1. The van der Waals surface area contributed by atoms with Crippen LogP contribution in [0.1, 0.15) is 37.7 Å². The lowest BCUT2D eigenvalue weighted by molar-refractivity contribution is -0.139. The third-order valence-corrected chi connectivity index (χ3v) is 6.99. The monoisotopic (exact) mass is 446 g/mol. The number of esters is 1. The molecular weight excluding hydrogens is 420 g/mol. The highest BCUT2D eigenvalue weighted by Crippen LogP contribution is 2.41. The first-order valence-corrected chi connectivity index (χ1v) is 11.5. The number of carbonyl (C=O) groups excluding carboxylic acids is 4. The molecule has 3 atom stereocenters. The fourth-order valence-corrected chi connectivity index (χ4v) is 5.26. The van der Waals surface area contributed by atoms with Gasteiger partial charge in [0.1, 0.15) is 5.75 Å². The van der Waals surface area contributed by atoms with E-state index in [0.29, 0.717) is 17.0 Å². The number of anilines is 2. The molecule has 2 aromatic carbocycles. The maximum absolute atomic E-state index is 12.9. The highest BCUT2D eigenvalue weighted by Gasteiger charge is 2.49. The number of amides is 3. The van der Waals surface area contributed by atoms with Crippen molar-refractivity contribution in [2.45, 2.75) is 39.0 Å². The first-order chi connectivity index (χ1) is 15.9. The summed E-state index contributed by atoms with van der Waals surface area (Å²) in [7, 11) is 0. The molecule has 5 rings (SSSR count). The molecule has 0 spiro atoms. The predicted octanol–water partition coefficient (Wildman–Crippen LogP) is 3.63. The van der Waals surface area contributed by atoms with Crippen LogP contribution in [0.4, 0.5) is 11.4 Å². The molecule has 170 valence electrons. The molecule has 2 aromatic rings. The molecule has 3 amide bonds. The smallest absolute Gasteiger partial charge is 0.316 e. The minimum Gasteiger partial charge on any atom is -0.426 e. The zero-order valence-corrected chi connectivity index (χ0v) is 18.5. The summed E-state index contributed by atoms with van der Waals surface area (Å²) < 4.78 is 5.57. The van der Waals surface area contributed by atoms with Gasteiger partial charge in [-0.25, -0.2) is 4.90 Å². The minimum absolute atomic E-state index is 0.102. The SMILES string of the molecule is Cc1cc(OC(=O)[C@@H]2CC(=O)N(c3ccccc3)C2)ccc1N1C(=O)[C@@H]2CCCC[C@H]2C1=O. The predicted molar refractivity (Wildman–Crippen MR) is 122 cm³/mol. The van der Waals surface area contributed by atoms with E-state index >= 15 is 0 Å². The molecule has 2 aliphatic heterocycles. The standard InChI is InChI=1S/C26H26N2O5/c1-16-13-19(11-12-22(16)28-24(30)20-9-5-6-10-21(20)25(28)31)33-26(32)17-14-23(29)27(15-17)18-7-3-2-4-8-18/h2-4,7-8,11-13,17,20-21H,5-6,9-10,14-15H2,1H3/t17-,20-,21-/m1/s1. The second kappa shape index (κ2) is 8.46. The van der Waals surface area contributed by atoms with Crippen LogP contribution < -0.4 is 14.5 Å². The van der Waals surface area contributed by atoms with Gasteiger partial charge in [-0.1, -0.05) is 31.0 Å². The molecule has 2 saturated heterocycles. The zero-order chi connectivity index (χ0) is 23.1. The Morgan fingerprint density at radius 3 is 2.24 bits per heavy atom. The van der Waals surface area contributed by atoms with E-state index in [9.17, 15) is 19.2 Å². The third-order valence-electron chi connectivity index (χ3n) is 6.99. The van der Waals surface area contributed by atoms with Crippen LogP contribution in [0.25, 0.3) is 0 Å². The van der Waals surface area contributed by atoms with E-state index in [1.54, 1.807) is 30.0 Å². The Bertz CT molecular complexity index is 1100. The van der Waals surface area contributed by atoms with Crippen molar-refractivity contribution in [1.82, 2.24) is 0 Å². The lowest BCUT2D eigenvalue weighted by atomic mass is 9.81. The highest BCUT2D eigenvalue weighted by molar-refractivity contribution is 6.22. The maximum Gasteiger partial charge on any atom is 0.316 e. The number of benzene rings is 2. The van der Waals surface area contributed by atoms with E-state index < -0.39 is 11.9 Å². The van der Waals surface area contributed by atoms with Crippen molar-refractivity contribution in [3.8, 4) is 5.75 Å². The summed E-state index contributed by atoms with van der Waals surface area (Å²) in [6, 6.07) is 14.2. The molecule has 1 aliphatic carbocycles. The summed E-state index contributed by atoms with van der Waals surface area (Å²) >= 11 is 0.